The molecule has 1 heterocycles. The van der Waals surface area contributed by atoms with Crippen LogP contribution in [0.5, 0.6) is 5.75 Å². The quantitative estimate of drug-likeness (QED) is 0.849. The van der Waals surface area contributed by atoms with E-state index in [9.17, 15) is 4.79 Å². The molecule has 0 bridgehead atoms. The van der Waals surface area contributed by atoms with Crippen molar-refractivity contribution < 1.29 is 9.53 Å². The van der Waals surface area contributed by atoms with E-state index in [1.807, 2.05) is 24.3 Å². The lowest BCUT2D eigenvalue weighted by Crippen LogP contribution is -2.29. The zero-order valence-electron chi connectivity index (χ0n) is 13.5. The summed E-state index contributed by atoms with van der Waals surface area (Å²) in [4.78, 5) is 11.5. The largest absolute Gasteiger partial charge is 0.497 e. The average Bonchev–Trinajstić information content (AvgIpc) is 3.10. The highest BCUT2D eigenvalue weighted by Gasteiger charge is 2.38. The molecule has 4 heteroatoms. The number of nitrogens with two attached hydrogens (primary N) is 1. The number of ether oxygens (including phenoxy) is 1. The standard InChI is InChI=1S/C20H20N2O2/c1-24-14-8-5-12(6-9-14)19-16-4-2-3-15(16)17-11-13(20(21)23)7-10-18(17)22-19/h2-3,5-11,15-16,19,22H,4H2,1H3,(H2,21,23). The van der Waals surface area contributed by atoms with E-state index in [0.717, 1.165) is 23.4 Å². The summed E-state index contributed by atoms with van der Waals surface area (Å²) in [5, 5.41) is 3.66. The summed E-state index contributed by atoms with van der Waals surface area (Å²) in [6, 6.07) is 14.2. The number of amides is 1. The first kappa shape index (κ1) is 14.8. The second kappa shape index (κ2) is 5.71. The third-order valence-corrected chi connectivity index (χ3v) is 5.12. The van der Waals surface area contributed by atoms with Crippen molar-refractivity contribution in [3.8, 4) is 5.75 Å². The number of primary amides is 1. The number of carbonyl (C=O) groups excluding carboxylic acids is 1. The molecule has 3 N–H and O–H groups in total. The highest BCUT2D eigenvalue weighted by atomic mass is 16.5. The minimum atomic E-state index is -0.381. The predicted molar refractivity (Wildman–Crippen MR) is 94.3 cm³/mol. The zero-order chi connectivity index (χ0) is 16.7. The molecular formula is C20H20N2O2. The molecule has 4 nitrogen and oxygen atoms in total. The van der Waals surface area contributed by atoms with Crippen molar-refractivity contribution in [2.75, 3.05) is 12.4 Å². The van der Waals surface area contributed by atoms with Crippen molar-refractivity contribution >= 4 is 11.6 Å². The summed E-state index contributed by atoms with van der Waals surface area (Å²) in [5.41, 5.74) is 9.50. The van der Waals surface area contributed by atoms with Gasteiger partial charge in [0.05, 0.1) is 13.2 Å². The predicted octanol–water partition coefficient (Wildman–Crippen LogP) is 3.62. The van der Waals surface area contributed by atoms with E-state index in [2.05, 4.69) is 29.6 Å². The van der Waals surface area contributed by atoms with Crippen LogP contribution >= 0.6 is 0 Å². The van der Waals surface area contributed by atoms with Crippen LogP contribution < -0.4 is 15.8 Å². The number of fused-ring (bicyclic) bond motifs is 3. The number of rotatable bonds is 3. The minimum Gasteiger partial charge on any atom is -0.497 e. The normalized spacial score (nSPS) is 24.0. The van der Waals surface area contributed by atoms with Gasteiger partial charge in [0.2, 0.25) is 5.91 Å². The Bertz CT molecular complexity index is 811. The Morgan fingerprint density at radius 1 is 1.21 bits per heavy atom. The van der Waals surface area contributed by atoms with E-state index in [-0.39, 0.29) is 11.9 Å². The maximum atomic E-state index is 11.5. The number of allylic oxidation sites excluding steroid dienone is 2. The van der Waals surface area contributed by atoms with Crippen LogP contribution in [0.25, 0.3) is 0 Å². The van der Waals surface area contributed by atoms with Gasteiger partial charge >= 0.3 is 0 Å². The molecule has 1 aliphatic heterocycles. The molecule has 0 radical (unpaired) electrons. The first-order valence-electron chi connectivity index (χ1n) is 8.18. The van der Waals surface area contributed by atoms with Gasteiger partial charge in [-0.15, -0.1) is 0 Å². The van der Waals surface area contributed by atoms with Crippen molar-refractivity contribution in [2.24, 2.45) is 11.7 Å². The van der Waals surface area contributed by atoms with Gasteiger partial charge < -0.3 is 15.8 Å². The monoisotopic (exact) mass is 320 g/mol. The Labute approximate surface area is 141 Å². The number of nitrogens with one attached hydrogen (secondary N) is 1. The summed E-state index contributed by atoms with van der Waals surface area (Å²) in [7, 11) is 1.68. The number of carbonyl (C=O) groups is 1. The lowest BCUT2D eigenvalue weighted by Gasteiger charge is -2.37. The van der Waals surface area contributed by atoms with Crippen LogP contribution in [-0.2, 0) is 0 Å². The van der Waals surface area contributed by atoms with Crippen molar-refractivity contribution in [1.82, 2.24) is 0 Å². The number of methoxy groups -OCH3 is 1. The second-order valence-electron chi connectivity index (χ2n) is 6.41. The first-order chi connectivity index (χ1) is 11.7. The third kappa shape index (κ3) is 2.35. The molecule has 0 saturated heterocycles. The van der Waals surface area contributed by atoms with Crippen LogP contribution in [-0.4, -0.2) is 13.0 Å². The Morgan fingerprint density at radius 3 is 2.71 bits per heavy atom. The highest BCUT2D eigenvalue weighted by Crippen LogP contribution is 2.50. The summed E-state index contributed by atoms with van der Waals surface area (Å²) >= 11 is 0. The lowest BCUT2D eigenvalue weighted by atomic mass is 9.76. The van der Waals surface area contributed by atoms with Gasteiger partial charge in [-0.25, -0.2) is 0 Å². The molecule has 2 aromatic rings. The second-order valence-corrected chi connectivity index (χ2v) is 6.41. The fourth-order valence-electron chi connectivity index (χ4n) is 3.89. The Hall–Kier alpha value is -2.75. The van der Waals surface area contributed by atoms with E-state index < -0.39 is 0 Å². The Kier molecular flexibility index (Phi) is 3.53. The van der Waals surface area contributed by atoms with Gasteiger partial charge in [0.15, 0.2) is 0 Å². The molecule has 0 aromatic heterocycles. The lowest BCUT2D eigenvalue weighted by molar-refractivity contribution is 0.1000. The fraction of sp³-hybridized carbons (Fsp3) is 0.250. The molecule has 2 aromatic carbocycles. The molecule has 2 aliphatic rings. The van der Waals surface area contributed by atoms with Crippen molar-refractivity contribution in [3.63, 3.8) is 0 Å². The van der Waals surface area contributed by atoms with Crippen LogP contribution in [0.1, 0.15) is 39.9 Å². The van der Waals surface area contributed by atoms with Gasteiger partial charge in [-0.3, -0.25) is 4.79 Å². The fourth-order valence-corrected chi connectivity index (χ4v) is 3.89. The summed E-state index contributed by atoms with van der Waals surface area (Å²) in [6.07, 6.45) is 5.51. The number of hydrogen-bond donors (Lipinski definition) is 2. The van der Waals surface area contributed by atoms with Crippen LogP contribution in [0.4, 0.5) is 5.69 Å². The summed E-state index contributed by atoms with van der Waals surface area (Å²) in [5.74, 6) is 1.23. The van der Waals surface area contributed by atoms with Crippen molar-refractivity contribution in [3.05, 3.63) is 71.3 Å². The maximum Gasteiger partial charge on any atom is 0.248 e. The molecule has 0 fully saturated rings. The Morgan fingerprint density at radius 2 is 2.00 bits per heavy atom. The van der Waals surface area contributed by atoms with Crippen LogP contribution in [0, 0.1) is 5.92 Å². The molecule has 0 saturated carbocycles. The average molecular weight is 320 g/mol. The highest BCUT2D eigenvalue weighted by molar-refractivity contribution is 5.93. The van der Waals surface area contributed by atoms with E-state index >= 15 is 0 Å². The van der Waals surface area contributed by atoms with Gasteiger partial charge in [-0.05, 0) is 53.8 Å². The smallest absolute Gasteiger partial charge is 0.248 e. The third-order valence-electron chi connectivity index (χ3n) is 5.12. The van der Waals surface area contributed by atoms with E-state index in [1.54, 1.807) is 13.2 Å². The molecular weight excluding hydrogens is 300 g/mol. The van der Waals surface area contributed by atoms with E-state index in [0.29, 0.717) is 17.4 Å². The van der Waals surface area contributed by atoms with Gasteiger partial charge in [0.1, 0.15) is 5.75 Å². The van der Waals surface area contributed by atoms with Crippen molar-refractivity contribution in [2.45, 2.75) is 18.4 Å². The molecule has 0 spiro atoms. The van der Waals surface area contributed by atoms with E-state index in [1.165, 1.54) is 5.56 Å². The number of benzene rings is 2. The molecule has 1 amide bonds. The zero-order valence-corrected chi connectivity index (χ0v) is 13.5. The molecule has 3 atom stereocenters. The van der Waals surface area contributed by atoms with Gasteiger partial charge in [0.25, 0.3) is 0 Å². The SMILES string of the molecule is COc1ccc(C2Nc3ccc(C(N)=O)cc3C3C=CCC32)cc1. The summed E-state index contributed by atoms with van der Waals surface area (Å²) in [6.45, 7) is 0. The molecule has 24 heavy (non-hydrogen) atoms. The van der Waals surface area contributed by atoms with E-state index in [4.69, 9.17) is 10.5 Å². The molecule has 4 rings (SSSR count). The van der Waals surface area contributed by atoms with Gasteiger partial charge in [0, 0.05) is 17.2 Å². The van der Waals surface area contributed by atoms with Gasteiger partial charge in [-0.1, -0.05) is 24.3 Å². The topological polar surface area (TPSA) is 64.3 Å². The van der Waals surface area contributed by atoms with Gasteiger partial charge in [-0.2, -0.15) is 0 Å². The number of hydrogen-bond acceptors (Lipinski definition) is 3. The van der Waals surface area contributed by atoms with Crippen molar-refractivity contribution in [1.29, 1.82) is 0 Å². The maximum absolute atomic E-state index is 11.5. The van der Waals surface area contributed by atoms with Crippen LogP contribution in [0.2, 0.25) is 0 Å². The van der Waals surface area contributed by atoms with Crippen LogP contribution in [0.15, 0.2) is 54.6 Å². The first-order valence-corrected chi connectivity index (χ1v) is 8.18. The summed E-state index contributed by atoms with van der Waals surface area (Å²) < 4.78 is 5.26. The minimum absolute atomic E-state index is 0.239. The molecule has 122 valence electrons. The van der Waals surface area contributed by atoms with Crippen LogP contribution in [0.3, 0.4) is 0 Å². The molecule has 3 unspecified atom stereocenters. The Balaban J connectivity index is 1.73. The molecule has 1 aliphatic carbocycles. The number of anilines is 1.